The molecule has 0 saturated carbocycles. The third kappa shape index (κ3) is 8.88. The average molecular weight is 509 g/mol. The molecule has 1 aliphatic heterocycles. The lowest BCUT2D eigenvalue weighted by Crippen LogP contribution is -2.56. The smallest absolute Gasteiger partial charge is 0.326 e. The Labute approximate surface area is 210 Å². The fourth-order valence-electron chi connectivity index (χ4n) is 4.27. The fourth-order valence-corrected chi connectivity index (χ4v) is 4.27. The number of amides is 3. The van der Waals surface area contributed by atoms with Crippen molar-refractivity contribution in [2.75, 3.05) is 19.6 Å². The van der Waals surface area contributed by atoms with Crippen LogP contribution in [0.3, 0.4) is 0 Å². The Balaban J connectivity index is 2.05. The molecule has 0 spiro atoms. The van der Waals surface area contributed by atoms with E-state index in [9.17, 15) is 24.3 Å². The first-order valence-corrected chi connectivity index (χ1v) is 12.6. The van der Waals surface area contributed by atoms with Gasteiger partial charge in [-0.25, -0.2) is 9.78 Å². The van der Waals surface area contributed by atoms with Gasteiger partial charge < -0.3 is 42.8 Å². The SMILES string of the molecule is NCCCCC(N)C(=O)N1CCCC1C(=O)NC(CCCCN)C(=O)NC(Cc1cnc[nH]1)C(=O)O. The van der Waals surface area contributed by atoms with E-state index in [1.807, 2.05) is 0 Å². The van der Waals surface area contributed by atoms with E-state index in [2.05, 4.69) is 20.6 Å². The highest BCUT2D eigenvalue weighted by Crippen LogP contribution is 2.20. The van der Waals surface area contributed by atoms with E-state index in [0.717, 1.165) is 12.8 Å². The molecule has 0 bridgehead atoms. The molecule has 2 heterocycles. The predicted octanol–water partition coefficient (Wildman–Crippen LogP) is -1.42. The normalized spacial score (nSPS) is 17.9. The summed E-state index contributed by atoms with van der Waals surface area (Å²) in [5.74, 6) is -2.56. The van der Waals surface area contributed by atoms with Crippen LogP contribution in [-0.2, 0) is 25.6 Å². The lowest BCUT2D eigenvalue weighted by atomic mass is 10.1. The van der Waals surface area contributed by atoms with Gasteiger partial charge in [0.15, 0.2) is 0 Å². The molecule has 36 heavy (non-hydrogen) atoms. The number of aromatic nitrogens is 2. The Morgan fingerprint density at radius 2 is 1.78 bits per heavy atom. The van der Waals surface area contributed by atoms with Crippen LogP contribution in [0.2, 0.25) is 0 Å². The van der Waals surface area contributed by atoms with E-state index < -0.39 is 42.0 Å². The Kier molecular flexibility index (Phi) is 12.3. The van der Waals surface area contributed by atoms with Crippen molar-refractivity contribution >= 4 is 23.7 Å². The molecule has 10 N–H and O–H groups in total. The van der Waals surface area contributed by atoms with Crippen molar-refractivity contribution in [3.8, 4) is 0 Å². The summed E-state index contributed by atoms with van der Waals surface area (Å²) in [5, 5.41) is 14.8. The molecule has 1 fully saturated rings. The highest BCUT2D eigenvalue weighted by Gasteiger charge is 2.37. The number of carboxylic acid groups (broad SMARTS) is 1. The molecule has 1 aromatic heterocycles. The number of carbonyl (C=O) groups excluding carboxylic acids is 3. The van der Waals surface area contributed by atoms with Crippen LogP contribution in [0, 0.1) is 0 Å². The molecule has 0 aromatic carbocycles. The van der Waals surface area contributed by atoms with Gasteiger partial charge in [0.2, 0.25) is 17.7 Å². The van der Waals surface area contributed by atoms with Crippen LogP contribution in [0.25, 0.3) is 0 Å². The van der Waals surface area contributed by atoms with Gasteiger partial charge in [-0.1, -0.05) is 6.42 Å². The Hall–Kier alpha value is -3.03. The van der Waals surface area contributed by atoms with Gasteiger partial charge in [0.25, 0.3) is 0 Å². The van der Waals surface area contributed by atoms with Crippen molar-refractivity contribution < 1.29 is 24.3 Å². The number of nitrogens with two attached hydrogens (primary N) is 3. The Morgan fingerprint density at radius 1 is 1.08 bits per heavy atom. The molecule has 13 heteroatoms. The molecule has 1 aliphatic rings. The molecule has 0 radical (unpaired) electrons. The van der Waals surface area contributed by atoms with Crippen molar-refractivity contribution in [1.82, 2.24) is 25.5 Å². The number of aliphatic carboxylic acids is 1. The predicted molar refractivity (Wildman–Crippen MR) is 132 cm³/mol. The molecule has 0 aliphatic carbocycles. The molecule has 4 unspecified atom stereocenters. The summed E-state index contributed by atoms with van der Waals surface area (Å²) >= 11 is 0. The Bertz CT molecular complexity index is 850. The second-order valence-corrected chi connectivity index (χ2v) is 9.11. The highest BCUT2D eigenvalue weighted by atomic mass is 16.4. The molecular weight excluding hydrogens is 468 g/mol. The van der Waals surface area contributed by atoms with Crippen LogP contribution in [-0.4, -0.2) is 87.5 Å². The van der Waals surface area contributed by atoms with Gasteiger partial charge >= 0.3 is 5.97 Å². The van der Waals surface area contributed by atoms with Gasteiger partial charge in [0.1, 0.15) is 18.1 Å². The topological polar surface area (TPSA) is 223 Å². The summed E-state index contributed by atoms with van der Waals surface area (Å²) in [6, 6.07) is -3.62. The van der Waals surface area contributed by atoms with Crippen LogP contribution >= 0.6 is 0 Å². The zero-order valence-corrected chi connectivity index (χ0v) is 20.7. The minimum Gasteiger partial charge on any atom is -0.480 e. The summed E-state index contributed by atoms with van der Waals surface area (Å²) in [6.45, 7) is 1.36. The first kappa shape index (κ1) is 29.2. The number of nitrogens with zero attached hydrogens (tertiary/aromatic N) is 2. The maximum Gasteiger partial charge on any atom is 0.326 e. The van der Waals surface area contributed by atoms with Crippen LogP contribution in [0.1, 0.15) is 57.1 Å². The molecule has 1 aromatic rings. The molecule has 4 atom stereocenters. The van der Waals surface area contributed by atoms with Crippen molar-refractivity contribution in [1.29, 1.82) is 0 Å². The van der Waals surface area contributed by atoms with E-state index in [-0.39, 0.29) is 18.7 Å². The van der Waals surface area contributed by atoms with Gasteiger partial charge in [-0.3, -0.25) is 14.4 Å². The minimum atomic E-state index is -1.21. The number of carboxylic acids is 1. The number of unbranched alkanes of at least 4 members (excludes halogenated alkanes) is 2. The second kappa shape index (κ2) is 15.2. The molecule has 202 valence electrons. The van der Waals surface area contributed by atoms with Gasteiger partial charge in [0.05, 0.1) is 12.4 Å². The van der Waals surface area contributed by atoms with Crippen molar-refractivity contribution in [2.24, 2.45) is 17.2 Å². The van der Waals surface area contributed by atoms with Crippen molar-refractivity contribution in [3.05, 3.63) is 18.2 Å². The maximum atomic E-state index is 13.2. The highest BCUT2D eigenvalue weighted by molar-refractivity contribution is 5.94. The first-order valence-electron chi connectivity index (χ1n) is 12.6. The second-order valence-electron chi connectivity index (χ2n) is 9.11. The third-order valence-electron chi connectivity index (χ3n) is 6.30. The number of rotatable bonds is 16. The monoisotopic (exact) mass is 508 g/mol. The summed E-state index contributed by atoms with van der Waals surface area (Å²) in [5.41, 5.74) is 17.7. The van der Waals surface area contributed by atoms with E-state index in [1.54, 1.807) is 0 Å². The number of hydrogen-bond donors (Lipinski definition) is 7. The van der Waals surface area contributed by atoms with Crippen LogP contribution in [0.4, 0.5) is 0 Å². The zero-order valence-electron chi connectivity index (χ0n) is 20.7. The largest absolute Gasteiger partial charge is 0.480 e. The lowest BCUT2D eigenvalue weighted by Gasteiger charge is -2.28. The van der Waals surface area contributed by atoms with Gasteiger partial charge in [-0.05, 0) is 58.0 Å². The molecule has 3 amide bonds. The molecule has 13 nitrogen and oxygen atoms in total. The molecule has 2 rings (SSSR count). The Morgan fingerprint density at radius 3 is 2.39 bits per heavy atom. The summed E-state index contributed by atoms with van der Waals surface area (Å²) < 4.78 is 0. The number of aromatic amines is 1. The van der Waals surface area contributed by atoms with Crippen molar-refractivity contribution in [2.45, 2.75) is 82.0 Å². The minimum absolute atomic E-state index is 0.0114. The number of imidazole rings is 1. The van der Waals surface area contributed by atoms with Gasteiger partial charge in [-0.15, -0.1) is 0 Å². The van der Waals surface area contributed by atoms with Gasteiger partial charge in [0, 0.05) is 24.9 Å². The van der Waals surface area contributed by atoms with Crippen LogP contribution in [0.5, 0.6) is 0 Å². The number of nitrogens with one attached hydrogen (secondary N) is 3. The zero-order chi connectivity index (χ0) is 26.5. The summed E-state index contributed by atoms with van der Waals surface area (Å²) in [6.07, 6.45) is 7.48. The third-order valence-corrected chi connectivity index (χ3v) is 6.30. The van der Waals surface area contributed by atoms with Crippen LogP contribution < -0.4 is 27.8 Å². The molecule has 1 saturated heterocycles. The van der Waals surface area contributed by atoms with E-state index in [0.29, 0.717) is 57.4 Å². The summed E-state index contributed by atoms with van der Waals surface area (Å²) in [7, 11) is 0. The number of carbonyl (C=O) groups is 4. The average Bonchev–Trinajstić information content (AvgIpc) is 3.55. The first-order chi connectivity index (χ1) is 17.3. The standard InChI is InChI=1S/C23H40N8O5/c24-9-3-1-6-16(26)22(34)31-11-5-8-19(31)21(33)29-17(7-2-4-10-25)20(32)30-18(23(35)36)12-15-13-27-14-28-15/h13-14,16-19H,1-12,24-26H2,(H,27,28)(H,29,33)(H,30,32)(H,35,36). The summed E-state index contributed by atoms with van der Waals surface area (Å²) in [4.78, 5) is 59.0. The molecular formula is C23H40N8O5. The number of hydrogen-bond acceptors (Lipinski definition) is 8. The maximum absolute atomic E-state index is 13.2. The fraction of sp³-hybridized carbons (Fsp3) is 0.696. The quantitative estimate of drug-likeness (QED) is 0.130. The number of H-pyrrole nitrogens is 1. The number of likely N-dealkylation sites (tertiary alicyclic amines) is 1. The lowest BCUT2D eigenvalue weighted by molar-refractivity contribution is -0.143. The van der Waals surface area contributed by atoms with Gasteiger partial charge in [-0.2, -0.15) is 0 Å². The van der Waals surface area contributed by atoms with Crippen molar-refractivity contribution in [3.63, 3.8) is 0 Å². The van der Waals surface area contributed by atoms with E-state index in [4.69, 9.17) is 17.2 Å². The van der Waals surface area contributed by atoms with E-state index in [1.165, 1.54) is 17.4 Å². The van der Waals surface area contributed by atoms with E-state index >= 15 is 0 Å². The van der Waals surface area contributed by atoms with Crippen LogP contribution in [0.15, 0.2) is 12.5 Å².